The molecule has 4 aromatic rings. The summed E-state index contributed by atoms with van der Waals surface area (Å²) in [4.78, 5) is 32.3. The van der Waals surface area contributed by atoms with Crippen LogP contribution in [0.3, 0.4) is 0 Å². The Morgan fingerprint density at radius 3 is 2.55 bits per heavy atom. The van der Waals surface area contributed by atoms with Crippen molar-refractivity contribution in [3.63, 3.8) is 0 Å². The topological polar surface area (TPSA) is 85.1 Å². The van der Waals surface area contributed by atoms with Gasteiger partial charge < -0.3 is 11.1 Å². The first-order valence-electron chi connectivity index (χ1n) is 13.9. The summed E-state index contributed by atoms with van der Waals surface area (Å²) in [5.41, 5.74) is 12.8. The first-order chi connectivity index (χ1) is 19.0. The molecule has 1 aliphatic rings. The standard InChI is InChI=1S/C34H37N3O2S/c1-20(2)22-12-9-21(10-13-22)11-16-29(38)24-7-6-8-26(17-24)36-32(39)31-30(35)27-18-23-14-15-25(34(3,4)5)19-28(23)37-33(27)40-31/h6-13,16-18,20,25H,14-15,19,35H2,1-5H3,(H,36,39)/b16-11+. The number of nitrogens with two attached hydrogens (primary N) is 1. The number of fused-ring (bicyclic) bond motifs is 2. The summed E-state index contributed by atoms with van der Waals surface area (Å²) in [5.74, 6) is 0.619. The van der Waals surface area contributed by atoms with Crippen molar-refractivity contribution in [1.29, 1.82) is 0 Å². The molecule has 1 amide bonds. The molecule has 0 radical (unpaired) electrons. The molecule has 0 spiro atoms. The van der Waals surface area contributed by atoms with Crippen LogP contribution in [0.15, 0.2) is 60.7 Å². The second kappa shape index (κ2) is 11.0. The molecule has 1 unspecified atom stereocenters. The van der Waals surface area contributed by atoms with Crippen molar-refractivity contribution in [3.8, 4) is 0 Å². The van der Waals surface area contributed by atoms with E-state index < -0.39 is 0 Å². The third-order valence-electron chi connectivity index (χ3n) is 7.96. The van der Waals surface area contributed by atoms with Gasteiger partial charge >= 0.3 is 0 Å². The van der Waals surface area contributed by atoms with E-state index in [2.05, 4.69) is 58.1 Å². The van der Waals surface area contributed by atoms with Gasteiger partial charge in [0.25, 0.3) is 5.91 Å². The lowest BCUT2D eigenvalue weighted by molar-refractivity contribution is 0.102. The first-order valence-corrected chi connectivity index (χ1v) is 14.8. The van der Waals surface area contributed by atoms with Gasteiger partial charge in [-0.25, -0.2) is 4.98 Å². The van der Waals surface area contributed by atoms with Gasteiger partial charge in [0.15, 0.2) is 5.78 Å². The average molecular weight is 552 g/mol. The molecular weight excluding hydrogens is 514 g/mol. The van der Waals surface area contributed by atoms with Gasteiger partial charge in [-0.1, -0.05) is 77.1 Å². The Kier molecular flexibility index (Phi) is 7.65. The largest absolute Gasteiger partial charge is 0.397 e. The van der Waals surface area contributed by atoms with Crippen molar-refractivity contribution in [2.24, 2.45) is 11.3 Å². The SMILES string of the molecule is CC(C)c1ccc(/C=C/C(=O)c2cccc(NC(=O)c3sc4nc5c(cc4c3N)CCC(C(C)(C)C)C5)c2)cc1. The van der Waals surface area contributed by atoms with Gasteiger partial charge in [-0.3, -0.25) is 9.59 Å². The molecule has 1 atom stereocenters. The number of thiophene rings is 1. The molecule has 3 N–H and O–H groups in total. The number of benzene rings is 2. The maximum Gasteiger partial charge on any atom is 0.267 e. The molecule has 5 rings (SSSR count). The summed E-state index contributed by atoms with van der Waals surface area (Å²) in [5, 5.41) is 3.78. The maximum atomic E-state index is 13.3. The molecule has 6 heteroatoms. The lowest BCUT2D eigenvalue weighted by Gasteiger charge is -2.34. The number of allylic oxidation sites excluding steroid dienone is 1. The number of anilines is 2. The fourth-order valence-electron chi connectivity index (χ4n) is 5.28. The van der Waals surface area contributed by atoms with Crippen molar-refractivity contribution in [3.05, 3.63) is 93.5 Å². The van der Waals surface area contributed by atoms with Gasteiger partial charge in [0, 0.05) is 22.3 Å². The number of amides is 1. The number of nitrogen functional groups attached to an aromatic ring is 1. The molecule has 1 aliphatic carbocycles. The van der Waals surface area contributed by atoms with Crippen LogP contribution in [-0.2, 0) is 12.8 Å². The van der Waals surface area contributed by atoms with Gasteiger partial charge in [0.05, 0.1) is 5.69 Å². The highest BCUT2D eigenvalue weighted by Crippen LogP contribution is 2.40. The summed E-state index contributed by atoms with van der Waals surface area (Å²) < 4.78 is 0. The highest BCUT2D eigenvalue weighted by atomic mass is 32.1. The maximum absolute atomic E-state index is 13.3. The Labute approximate surface area is 240 Å². The van der Waals surface area contributed by atoms with E-state index in [0.29, 0.717) is 33.7 Å². The number of nitrogens with one attached hydrogen (secondary N) is 1. The predicted octanol–water partition coefficient (Wildman–Crippen LogP) is 8.30. The molecule has 0 saturated carbocycles. The summed E-state index contributed by atoms with van der Waals surface area (Å²) >= 11 is 1.33. The quantitative estimate of drug-likeness (QED) is 0.186. The van der Waals surface area contributed by atoms with E-state index in [0.717, 1.165) is 40.7 Å². The van der Waals surface area contributed by atoms with Crippen molar-refractivity contribution in [2.75, 3.05) is 11.1 Å². The number of hydrogen-bond acceptors (Lipinski definition) is 5. The van der Waals surface area contributed by atoms with Crippen LogP contribution in [-0.4, -0.2) is 16.7 Å². The van der Waals surface area contributed by atoms with Crippen LogP contribution in [0, 0.1) is 11.3 Å². The van der Waals surface area contributed by atoms with Gasteiger partial charge in [0.2, 0.25) is 0 Å². The Morgan fingerprint density at radius 2 is 1.85 bits per heavy atom. The lowest BCUT2D eigenvalue weighted by atomic mass is 9.72. The molecule has 2 heterocycles. The number of carbonyl (C=O) groups excluding carboxylic acids is 2. The van der Waals surface area contributed by atoms with Crippen LogP contribution in [0.5, 0.6) is 0 Å². The average Bonchev–Trinajstić information content (AvgIpc) is 3.25. The number of aromatic nitrogens is 1. The highest BCUT2D eigenvalue weighted by molar-refractivity contribution is 7.21. The van der Waals surface area contributed by atoms with E-state index in [9.17, 15) is 9.59 Å². The summed E-state index contributed by atoms with van der Waals surface area (Å²) in [6.45, 7) is 11.2. The van der Waals surface area contributed by atoms with E-state index >= 15 is 0 Å². The van der Waals surface area contributed by atoms with Gasteiger partial charge in [-0.05, 0) is 77.5 Å². The summed E-state index contributed by atoms with van der Waals surface area (Å²) in [6, 6.07) is 17.3. The number of aryl methyl sites for hydroxylation is 1. The number of nitrogens with zero attached hydrogens (tertiary/aromatic N) is 1. The number of pyridine rings is 1. The molecule has 0 saturated heterocycles. The molecule has 2 aromatic carbocycles. The number of rotatable bonds is 6. The fraction of sp³-hybridized carbons (Fsp3) is 0.324. The van der Waals surface area contributed by atoms with Crippen LogP contribution in [0.2, 0.25) is 0 Å². The van der Waals surface area contributed by atoms with Crippen molar-refractivity contribution >= 4 is 50.7 Å². The van der Waals surface area contributed by atoms with Crippen LogP contribution >= 0.6 is 11.3 Å². The molecule has 40 heavy (non-hydrogen) atoms. The van der Waals surface area contributed by atoms with Gasteiger partial charge in [0.1, 0.15) is 9.71 Å². The van der Waals surface area contributed by atoms with Crippen LogP contribution in [0.1, 0.15) is 89.4 Å². The number of hydrogen-bond donors (Lipinski definition) is 2. The zero-order valence-electron chi connectivity index (χ0n) is 23.9. The van der Waals surface area contributed by atoms with E-state index in [1.807, 2.05) is 18.2 Å². The molecule has 5 nitrogen and oxygen atoms in total. The molecule has 0 bridgehead atoms. The highest BCUT2D eigenvalue weighted by Gasteiger charge is 2.30. The van der Waals surface area contributed by atoms with Crippen LogP contribution < -0.4 is 11.1 Å². The van der Waals surface area contributed by atoms with Crippen molar-refractivity contribution in [2.45, 2.75) is 59.8 Å². The van der Waals surface area contributed by atoms with Crippen molar-refractivity contribution in [1.82, 2.24) is 4.98 Å². The third-order valence-corrected chi connectivity index (χ3v) is 9.07. The molecular formula is C34H37N3O2S. The molecule has 2 aromatic heterocycles. The smallest absolute Gasteiger partial charge is 0.267 e. The zero-order valence-corrected chi connectivity index (χ0v) is 24.7. The van der Waals surface area contributed by atoms with E-state index in [1.165, 1.54) is 22.5 Å². The monoisotopic (exact) mass is 551 g/mol. The van der Waals surface area contributed by atoms with Gasteiger partial charge in [-0.15, -0.1) is 11.3 Å². The van der Waals surface area contributed by atoms with E-state index in [4.69, 9.17) is 10.7 Å². The normalized spacial score (nSPS) is 15.5. The van der Waals surface area contributed by atoms with E-state index in [-0.39, 0.29) is 17.1 Å². The molecule has 206 valence electrons. The summed E-state index contributed by atoms with van der Waals surface area (Å²) in [7, 11) is 0. The van der Waals surface area contributed by atoms with Crippen LogP contribution in [0.4, 0.5) is 11.4 Å². The summed E-state index contributed by atoms with van der Waals surface area (Å²) in [6.07, 6.45) is 6.44. The minimum Gasteiger partial charge on any atom is -0.397 e. The fourth-order valence-corrected chi connectivity index (χ4v) is 6.27. The van der Waals surface area contributed by atoms with Crippen LogP contribution in [0.25, 0.3) is 16.3 Å². The molecule has 0 fully saturated rings. The van der Waals surface area contributed by atoms with Crippen molar-refractivity contribution < 1.29 is 9.59 Å². The van der Waals surface area contributed by atoms with E-state index in [1.54, 1.807) is 30.3 Å². The Morgan fingerprint density at radius 1 is 1.10 bits per heavy atom. The minimum absolute atomic E-state index is 0.131. The Balaban J connectivity index is 1.31. The first kappa shape index (κ1) is 27.8. The second-order valence-corrected chi connectivity index (χ2v) is 13.2. The minimum atomic E-state index is -0.295. The Hall–Kier alpha value is -3.77. The zero-order chi connectivity index (χ0) is 28.6. The number of ketones is 1. The number of carbonyl (C=O) groups is 2. The molecule has 0 aliphatic heterocycles. The Bertz CT molecular complexity index is 1610. The lowest BCUT2D eigenvalue weighted by Crippen LogP contribution is -2.27. The second-order valence-electron chi connectivity index (χ2n) is 12.2. The third kappa shape index (κ3) is 5.87. The predicted molar refractivity (Wildman–Crippen MR) is 167 cm³/mol. The van der Waals surface area contributed by atoms with Gasteiger partial charge in [-0.2, -0.15) is 0 Å².